The molecule has 0 aromatic rings. The summed E-state index contributed by atoms with van der Waals surface area (Å²) in [4.78, 5) is 0. The van der Waals surface area contributed by atoms with Crippen LogP contribution in [-0.4, -0.2) is 31.9 Å². The number of aliphatic hydroxyl groups is 1. The predicted octanol–water partition coefficient (Wildman–Crippen LogP) is 1.65. The fourth-order valence-electron chi connectivity index (χ4n) is 2.54. The Morgan fingerprint density at radius 3 is 2.59 bits per heavy atom. The third-order valence-electron chi connectivity index (χ3n) is 3.59. The molecule has 1 saturated carbocycles. The van der Waals surface area contributed by atoms with Gasteiger partial charge in [-0.3, -0.25) is 0 Å². The van der Waals surface area contributed by atoms with Crippen LogP contribution in [0.15, 0.2) is 0 Å². The average Bonchev–Trinajstić information content (AvgIpc) is 2.29. The second kappa shape index (κ2) is 7.34. The first kappa shape index (κ1) is 14.9. The van der Waals surface area contributed by atoms with Crippen molar-refractivity contribution in [1.29, 1.82) is 0 Å². The van der Waals surface area contributed by atoms with Gasteiger partial charge in [0.1, 0.15) is 0 Å². The molecule has 2 N–H and O–H groups in total. The fourth-order valence-corrected chi connectivity index (χ4v) is 4.02. The highest BCUT2D eigenvalue weighted by molar-refractivity contribution is 7.89. The number of nitrogens with one attached hydrogen (secondary N) is 1. The van der Waals surface area contributed by atoms with Crippen LogP contribution in [0, 0.1) is 5.92 Å². The maximum atomic E-state index is 11.8. The van der Waals surface area contributed by atoms with Gasteiger partial charge in [0.25, 0.3) is 0 Å². The molecule has 0 heterocycles. The third kappa shape index (κ3) is 5.36. The van der Waals surface area contributed by atoms with Gasteiger partial charge in [0.2, 0.25) is 10.0 Å². The van der Waals surface area contributed by atoms with Gasteiger partial charge < -0.3 is 5.11 Å². The highest BCUT2D eigenvalue weighted by Gasteiger charge is 2.27. The number of hydrogen-bond donors (Lipinski definition) is 2. The van der Waals surface area contributed by atoms with E-state index in [0.717, 1.165) is 25.7 Å². The molecule has 0 spiro atoms. The first-order valence-electron chi connectivity index (χ1n) is 6.70. The summed E-state index contributed by atoms with van der Waals surface area (Å²) >= 11 is 0. The lowest BCUT2D eigenvalue weighted by Gasteiger charge is -2.31. The maximum absolute atomic E-state index is 11.8. The molecule has 0 aliphatic heterocycles. The van der Waals surface area contributed by atoms with E-state index in [0.29, 0.717) is 18.8 Å². The molecular formula is C12H25NO3S. The Morgan fingerprint density at radius 2 is 1.94 bits per heavy atom. The number of hydrogen-bond acceptors (Lipinski definition) is 3. The summed E-state index contributed by atoms with van der Waals surface area (Å²) in [7, 11) is -3.16. The molecule has 0 amide bonds. The Labute approximate surface area is 105 Å². The Morgan fingerprint density at radius 1 is 1.24 bits per heavy atom. The SMILES string of the molecule is CCC1CCCCC1NS(=O)(=O)CCCCO. The molecule has 1 aliphatic carbocycles. The van der Waals surface area contributed by atoms with E-state index >= 15 is 0 Å². The lowest BCUT2D eigenvalue weighted by molar-refractivity contribution is 0.280. The van der Waals surface area contributed by atoms with Crippen LogP contribution in [0.4, 0.5) is 0 Å². The molecule has 0 radical (unpaired) electrons. The molecule has 17 heavy (non-hydrogen) atoms. The summed E-state index contributed by atoms with van der Waals surface area (Å²) in [5, 5.41) is 8.65. The summed E-state index contributed by atoms with van der Waals surface area (Å²) in [6.45, 7) is 2.19. The van der Waals surface area contributed by atoms with Crippen LogP contribution in [0.2, 0.25) is 0 Å². The van der Waals surface area contributed by atoms with Gasteiger partial charge >= 0.3 is 0 Å². The Kier molecular flexibility index (Phi) is 6.44. The Balaban J connectivity index is 2.44. The molecule has 1 fully saturated rings. The van der Waals surface area contributed by atoms with Crippen molar-refractivity contribution in [3.63, 3.8) is 0 Å². The standard InChI is InChI=1S/C12H25NO3S/c1-2-11-7-3-4-8-12(11)13-17(15,16)10-6-5-9-14/h11-14H,2-10H2,1H3. The van der Waals surface area contributed by atoms with Crippen LogP contribution in [-0.2, 0) is 10.0 Å². The molecular weight excluding hydrogens is 238 g/mol. The topological polar surface area (TPSA) is 66.4 Å². The van der Waals surface area contributed by atoms with Crippen molar-refractivity contribution < 1.29 is 13.5 Å². The average molecular weight is 263 g/mol. The van der Waals surface area contributed by atoms with Crippen LogP contribution in [0.5, 0.6) is 0 Å². The van der Waals surface area contributed by atoms with Crippen molar-refractivity contribution in [1.82, 2.24) is 4.72 Å². The van der Waals surface area contributed by atoms with Crippen LogP contribution in [0.1, 0.15) is 51.9 Å². The van der Waals surface area contributed by atoms with E-state index in [-0.39, 0.29) is 18.4 Å². The van der Waals surface area contributed by atoms with Crippen LogP contribution in [0.3, 0.4) is 0 Å². The second-order valence-corrected chi connectivity index (χ2v) is 6.80. The van der Waals surface area contributed by atoms with Crippen LogP contribution in [0.25, 0.3) is 0 Å². The normalized spacial score (nSPS) is 26.0. The minimum absolute atomic E-state index is 0.0660. The smallest absolute Gasteiger partial charge is 0.211 e. The van der Waals surface area contributed by atoms with E-state index in [2.05, 4.69) is 11.6 Å². The second-order valence-electron chi connectivity index (χ2n) is 4.93. The summed E-state index contributed by atoms with van der Waals surface area (Å²) in [5.74, 6) is 0.636. The third-order valence-corrected chi connectivity index (χ3v) is 5.07. The minimum atomic E-state index is -3.16. The lowest BCUT2D eigenvalue weighted by Crippen LogP contribution is -2.42. The van der Waals surface area contributed by atoms with Gasteiger partial charge in [0.15, 0.2) is 0 Å². The molecule has 4 nitrogen and oxygen atoms in total. The van der Waals surface area contributed by atoms with Gasteiger partial charge in [-0.2, -0.15) is 0 Å². The van der Waals surface area contributed by atoms with Crippen LogP contribution >= 0.6 is 0 Å². The van der Waals surface area contributed by atoms with E-state index in [1.54, 1.807) is 0 Å². The van der Waals surface area contributed by atoms with E-state index in [1.165, 1.54) is 6.42 Å². The zero-order valence-electron chi connectivity index (χ0n) is 10.7. The summed E-state index contributed by atoms with van der Waals surface area (Å²) in [6.07, 6.45) is 6.60. The first-order valence-corrected chi connectivity index (χ1v) is 8.35. The number of sulfonamides is 1. The van der Waals surface area contributed by atoms with Crippen molar-refractivity contribution in [2.75, 3.05) is 12.4 Å². The highest BCUT2D eigenvalue weighted by Crippen LogP contribution is 2.27. The lowest BCUT2D eigenvalue weighted by atomic mass is 9.83. The van der Waals surface area contributed by atoms with Gasteiger partial charge in [-0.25, -0.2) is 13.1 Å². The van der Waals surface area contributed by atoms with Gasteiger partial charge in [-0.1, -0.05) is 26.2 Å². The summed E-state index contributed by atoms with van der Waals surface area (Å²) in [5.41, 5.74) is 0. The van der Waals surface area contributed by atoms with Crippen molar-refractivity contribution in [3.05, 3.63) is 0 Å². The Hall–Kier alpha value is -0.130. The Bertz CT molecular complexity index is 303. The number of rotatable bonds is 7. The van der Waals surface area contributed by atoms with Gasteiger partial charge in [0, 0.05) is 12.6 Å². The van der Waals surface area contributed by atoms with Crippen molar-refractivity contribution in [2.45, 2.75) is 57.9 Å². The quantitative estimate of drug-likeness (QED) is 0.686. The van der Waals surface area contributed by atoms with Crippen molar-refractivity contribution in [3.8, 4) is 0 Å². The monoisotopic (exact) mass is 263 g/mol. The molecule has 0 bridgehead atoms. The van der Waals surface area contributed by atoms with Gasteiger partial charge in [-0.15, -0.1) is 0 Å². The van der Waals surface area contributed by atoms with Gasteiger partial charge in [-0.05, 0) is 31.6 Å². The van der Waals surface area contributed by atoms with Crippen molar-refractivity contribution in [2.24, 2.45) is 5.92 Å². The molecule has 1 rings (SSSR count). The zero-order chi connectivity index (χ0) is 12.7. The predicted molar refractivity (Wildman–Crippen MR) is 69.3 cm³/mol. The first-order chi connectivity index (χ1) is 8.09. The van der Waals surface area contributed by atoms with E-state index in [9.17, 15) is 8.42 Å². The molecule has 1 aliphatic rings. The number of aliphatic hydroxyl groups excluding tert-OH is 1. The highest BCUT2D eigenvalue weighted by atomic mass is 32.2. The molecule has 102 valence electrons. The van der Waals surface area contributed by atoms with Gasteiger partial charge in [0.05, 0.1) is 5.75 Å². The van der Waals surface area contributed by atoms with E-state index in [1.807, 2.05) is 0 Å². The number of unbranched alkanes of at least 4 members (excludes halogenated alkanes) is 1. The fraction of sp³-hybridized carbons (Fsp3) is 1.00. The zero-order valence-corrected chi connectivity index (χ0v) is 11.5. The minimum Gasteiger partial charge on any atom is -0.396 e. The molecule has 0 aromatic carbocycles. The summed E-state index contributed by atoms with van der Waals surface area (Å²) < 4.78 is 26.5. The van der Waals surface area contributed by atoms with E-state index < -0.39 is 10.0 Å². The summed E-state index contributed by atoms with van der Waals surface area (Å²) in [6, 6.07) is 0.132. The molecule has 5 heteroatoms. The largest absolute Gasteiger partial charge is 0.396 e. The molecule has 0 aromatic heterocycles. The van der Waals surface area contributed by atoms with E-state index in [4.69, 9.17) is 5.11 Å². The molecule has 0 saturated heterocycles. The molecule has 2 unspecified atom stereocenters. The van der Waals surface area contributed by atoms with Crippen molar-refractivity contribution >= 4 is 10.0 Å². The van der Waals surface area contributed by atoms with Crippen LogP contribution < -0.4 is 4.72 Å². The molecule has 2 atom stereocenters. The maximum Gasteiger partial charge on any atom is 0.211 e.